The normalized spacial score (nSPS) is 11.6. The maximum absolute atomic E-state index is 13.6. The third-order valence-electron chi connectivity index (χ3n) is 5.61. The number of rotatable bonds is 6. The minimum absolute atomic E-state index is 0.188. The highest BCUT2D eigenvalue weighted by Gasteiger charge is 2.16. The monoisotopic (exact) mass is 544 g/mol. The first kappa shape index (κ1) is 23.6. The van der Waals surface area contributed by atoms with Gasteiger partial charge in [0.05, 0.1) is 16.6 Å². The summed E-state index contributed by atoms with van der Waals surface area (Å²) in [6, 6.07) is 26.4. The average Bonchev–Trinajstić information content (AvgIpc) is 3.22. The van der Waals surface area contributed by atoms with Crippen LogP contribution in [0.2, 0.25) is 0 Å². The number of imidazole rings is 1. The largest absolute Gasteiger partial charge is 0.422 e. The fourth-order valence-corrected chi connectivity index (χ4v) is 4.06. The number of para-hydroxylation sites is 2. The maximum atomic E-state index is 13.6. The van der Waals surface area contributed by atoms with Gasteiger partial charge in [-0.05, 0) is 78.4 Å². The lowest BCUT2D eigenvalue weighted by molar-refractivity contribution is 0.0693. The summed E-state index contributed by atoms with van der Waals surface area (Å²) in [4.78, 5) is 17.6. The fraction of sp³-hybridized carbons (Fsp3) is 0.0345. The van der Waals surface area contributed by atoms with Gasteiger partial charge in [-0.25, -0.2) is 18.6 Å². The first-order valence-electron chi connectivity index (χ1n) is 11.1. The van der Waals surface area contributed by atoms with Crippen molar-refractivity contribution >= 4 is 44.8 Å². The zero-order chi connectivity index (χ0) is 25.1. The summed E-state index contributed by atoms with van der Waals surface area (Å²) < 4.78 is 35.7. The van der Waals surface area contributed by atoms with Gasteiger partial charge in [0.15, 0.2) is 0 Å². The summed E-state index contributed by atoms with van der Waals surface area (Å²) in [5.74, 6) is -0.781. The number of fused-ring (bicyclic) bond motifs is 1. The van der Waals surface area contributed by atoms with Crippen molar-refractivity contribution in [3.63, 3.8) is 0 Å². The van der Waals surface area contributed by atoms with Gasteiger partial charge in [-0.15, -0.1) is 0 Å². The molecule has 0 unspecified atom stereocenters. The van der Waals surface area contributed by atoms with Crippen LogP contribution in [0.1, 0.15) is 27.3 Å². The summed E-state index contributed by atoms with van der Waals surface area (Å²) in [5, 5.41) is 0. The molecule has 5 rings (SSSR count). The Kier molecular flexibility index (Phi) is 6.73. The van der Waals surface area contributed by atoms with Gasteiger partial charge >= 0.3 is 5.97 Å². The summed E-state index contributed by atoms with van der Waals surface area (Å²) in [5.41, 5.74) is 3.43. The van der Waals surface area contributed by atoms with E-state index in [-0.39, 0.29) is 11.3 Å². The van der Waals surface area contributed by atoms with Crippen molar-refractivity contribution in [2.24, 2.45) is 0 Å². The van der Waals surface area contributed by atoms with Gasteiger partial charge < -0.3 is 9.30 Å². The van der Waals surface area contributed by atoms with Crippen LogP contribution in [0.5, 0.6) is 0 Å². The number of nitrogens with zero attached hydrogens (tertiary/aromatic N) is 2. The maximum Gasteiger partial charge on any atom is 0.343 e. The van der Waals surface area contributed by atoms with E-state index in [0.29, 0.717) is 17.9 Å². The molecule has 0 spiro atoms. The zero-order valence-corrected chi connectivity index (χ0v) is 20.5. The molecule has 0 aliphatic carbocycles. The van der Waals surface area contributed by atoms with Crippen molar-refractivity contribution in [3.05, 3.63) is 136 Å². The number of halogens is 3. The van der Waals surface area contributed by atoms with E-state index in [9.17, 15) is 13.6 Å². The molecule has 0 atom stereocenters. The Morgan fingerprint density at radius 1 is 0.833 bits per heavy atom. The van der Waals surface area contributed by atoms with Crippen LogP contribution < -0.4 is 0 Å². The smallest absolute Gasteiger partial charge is 0.343 e. The number of hydrogen-bond donors (Lipinski definition) is 0. The number of benzene rings is 4. The van der Waals surface area contributed by atoms with E-state index in [0.717, 1.165) is 21.1 Å². The lowest BCUT2D eigenvalue weighted by Gasteiger charge is -2.12. The summed E-state index contributed by atoms with van der Waals surface area (Å²) >= 11 is 3.46. The lowest BCUT2D eigenvalue weighted by Crippen LogP contribution is -2.07. The molecular formula is C29H19BrF2N2O2. The summed E-state index contributed by atoms with van der Waals surface area (Å²) in [7, 11) is 0. The third kappa shape index (κ3) is 5.26. The van der Waals surface area contributed by atoms with Gasteiger partial charge in [0.1, 0.15) is 23.2 Å². The Hall–Kier alpha value is -4.10. The van der Waals surface area contributed by atoms with Gasteiger partial charge in [0, 0.05) is 22.7 Å². The number of esters is 1. The van der Waals surface area contributed by atoms with Crippen LogP contribution >= 0.6 is 15.9 Å². The molecule has 0 N–H and O–H groups in total. The third-order valence-corrected chi connectivity index (χ3v) is 6.14. The average molecular weight is 545 g/mol. The van der Waals surface area contributed by atoms with E-state index in [1.165, 1.54) is 48.5 Å². The molecule has 0 bridgehead atoms. The highest BCUT2D eigenvalue weighted by Crippen LogP contribution is 2.25. The van der Waals surface area contributed by atoms with Gasteiger partial charge in [0.25, 0.3) is 0 Å². The zero-order valence-electron chi connectivity index (χ0n) is 18.9. The first-order chi connectivity index (χ1) is 17.5. The van der Waals surface area contributed by atoms with Gasteiger partial charge in [-0.2, -0.15) is 0 Å². The summed E-state index contributed by atoms with van der Waals surface area (Å²) in [6.45, 7) is 0.530. The standard InChI is InChI=1S/C29H19BrF2N2O2/c30-22-11-5-19(6-12-22)18-34-26-4-2-1-3-25(26)33-28(34)17-27(20-7-13-23(31)14-8-20)36-29(35)21-9-15-24(32)16-10-21/h1-17H,18H2/b27-17+. The molecule has 0 fully saturated rings. The van der Waals surface area contributed by atoms with Crippen LogP contribution in [0.3, 0.4) is 0 Å². The number of hydrogen-bond acceptors (Lipinski definition) is 3. The van der Waals surface area contributed by atoms with E-state index in [2.05, 4.69) is 15.9 Å². The second kappa shape index (κ2) is 10.3. The number of ether oxygens (including phenoxy) is 1. The molecule has 0 saturated carbocycles. The molecule has 0 saturated heterocycles. The summed E-state index contributed by atoms with van der Waals surface area (Å²) in [6.07, 6.45) is 1.66. The predicted octanol–water partition coefficient (Wildman–Crippen LogP) is 7.48. The van der Waals surface area contributed by atoms with Crippen LogP contribution in [0, 0.1) is 11.6 Å². The van der Waals surface area contributed by atoms with E-state index in [4.69, 9.17) is 9.72 Å². The van der Waals surface area contributed by atoms with Crippen LogP contribution in [0.15, 0.2) is 102 Å². The molecule has 5 aromatic rings. The molecule has 178 valence electrons. The molecule has 0 radical (unpaired) electrons. The van der Waals surface area contributed by atoms with Crippen LogP contribution in [0.4, 0.5) is 8.78 Å². The molecule has 1 aromatic heterocycles. The Morgan fingerprint density at radius 3 is 2.11 bits per heavy atom. The van der Waals surface area contributed by atoms with Gasteiger partial charge in [-0.3, -0.25) is 0 Å². The van der Waals surface area contributed by atoms with Crippen molar-refractivity contribution in [1.82, 2.24) is 9.55 Å². The molecule has 4 nitrogen and oxygen atoms in total. The molecule has 0 aliphatic rings. The Balaban J connectivity index is 1.60. The Bertz CT molecular complexity index is 1560. The van der Waals surface area contributed by atoms with Gasteiger partial charge in [0.2, 0.25) is 0 Å². The molecule has 36 heavy (non-hydrogen) atoms. The highest BCUT2D eigenvalue weighted by molar-refractivity contribution is 9.10. The van der Waals surface area contributed by atoms with Crippen LogP contribution in [0.25, 0.3) is 22.9 Å². The second-order valence-corrected chi connectivity index (χ2v) is 9.00. The van der Waals surface area contributed by atoms with Crippen molar-refractivity contribution in [2.75, 3.05) is 0 Å². The quantitative estimate of drug-likeness (QED) is 0.164. The molecular weight excluding hydrogens is 526 g/mol. The molecule has 0 amide bonds. The number of carbonyl (C=O) groups excluding carboxylic acids is 1. The number of carbonyl (C=O) groups is 1. The van der Waals surface area contributed by atoms with Crippen LogP contribution in [-0.4, -0.2) is 15.5 Å². The molecule has 0 aliphatic heterocycles. The van der Waals surface area contributed by atoms with E-state index < -0.39 is 17.6 Å². The SMILES string of the molecule is O=C(O/C(=C/c1nc2ccccc2n1Cc1ccc(Br)cc1)c1ccc(F)cc1)c1ccc(F)cc1. The highest BCUT2D eigenvalue weighted by atomic mass is 79.9. The fourth-order valence-electron chi connectivity index (χ4n) is 3.79. The lowest BCUT2D eigenvalue weighted by atomic mass is 10.1. The van der Waals surface area contributed by atoms with E-state index in [1.54, 1.807) is 6.08 Å². The molecule has 4 aromatic carbocycles. The predicted molar refractivity (Wildman–Crippen MR) is 139 cm³/mol. The minimum atomic E-state index is -0.666. The van der Waals surface area contributed by atoms with Crippen molar-refractivity contribution in [1.29, 1.82) is 0 Å². The van der Waals surface area contributed by atoms with Crippen molar-refractivity contribution in [2.45, 2.75) is 6.54 Å². The van der Waals surface area contributed by atoms with Crippen molar-refractivity contribution in [3.8, 4) is 0 Å². The van der Waals surface area contributed by atoms with Crippen molar-refractivity contribution < 1.29 is 18.3 Å². The Labute approximate surface area is 214 Å². The topological polar surface area (TPSA) is 44.1 Å². The number of aromatic nitrogens is 2. The van der Waals surface area contributed by atoms with Gasteiger partial charge in [-0.1, -0.05) is 40.2 Å². The Morgan fingerprint density at radius 2 is 1.44 bits per heavy atom. The van der Waals surface area contributed by atoms with E-state index >= 15 is 0 Å². The molecule has 1 heterocycles. The van der Waals surface area contributed by atoms with E-state index in [1.807, 2.05) is 53.1 Å². The first-order valence-corrected chi connectivity index (χ1v) is 11.9. The molecule has 7 heteroatoms. The second-order valence-electron chi connectivity index (χ2n) is 8.08. The van der Waals surface area contributed by atoms with Crippen LogP contribution in [-0.2, 0) is 11.3 Å². The minimum Gasteiger partial charge on any atom is -0.422 e.